The molecule has 2 aromatic heterocycles. The third kappa shape index (κ3) is 5.61. The number of pyridine rings is 1. The standard InChI is InChI=1S/C33H36N6/c1-24-30-12-15-36-32(30)11-10-31(24)37-33-27(21-35-22-28(33)20-34)9-8-25-4-6-26(7-5-25)23-38-18-13-29(14-19-38)39-16-2-3-17-39/h4-12,15,21-22,29,36H,2-3,13-14,16-19,23H2,1H3,(H,35,37). The summed E-state index contributed by atoms with van der Waals surface area (Å²) < 4.78 is 0. The SMILES string of the molecule is Cc1c(Nc2c(C#N)cncc2C=Cc2ccc(CN3CCC(N4CCCC4)CC3)cc2)ccc2[nH]ccc12. The smallest absolute Gasteiger partial charge is 0.103 e. The molecular weight excluding hydrogens is 480 g/mol. The first-order chi connectivity index (χ1) is 19.2. The fraction of sp³-hybridized carbons (Fsp3) is 0.333. The monoisotopic (exact) mass is 516 g/mol. The second-order valence-electron chi connectivity index (χ2n) is 10.9. The summed E-state index contributed by atoms with van der Waals surface area (Å²) >= 11 is 0. The first kappa shape index (κ1) is 25.4. The molecule has 2 fully saturated rings. The van der Waals surface area contributed by atoms with Gasteiger partial charge in [-0.2, -0.15) is 5.26 Å². The van der Waals surface area contributed by atoms with Crippen molar-refractivity contribution in [3.05, 3.63) is 88.9 Å². The number of hydrogen-bond acceptors (Lipinski definition) is 5. The van der Waals surface area contributed by atoms with Gasteiger partial charge in [0.05, 0.1) is 11.3 Å². The van der Waals surface area contributed by atoms with E-state index in [-0.39, 0.29) is 0 Å². The predicted octanol–water partition coefficient (Wildman–Crippen LogP) is 6.72. The fourth-order valence-electron chi connectivity index (χ4n) is 6.11. The number of aromatic amines is 1. The van der Waals surface area contributed by atoms with Crippen LogP contribution < -0.4 is 5.32 Å². The number of H-pyrrole nitrogens is 1. The van der Waals surface area contributed by atoms with Crippen molar-refractivity contribution in [3.8, 4) is 6.07 Å². The van der Waals surface area contributed by atoms with E-state index in [0.717, 1.165) is 46.2 Å². The van der Waals surface area contributed by atoms with Crippen LogP contribution in [0.25, 0.3) is 23.1 Å². The Bertz CT molecular complexity index is 1500. The van der Waals surface area contributed by atoms with Gasteiger partial charge in [-0.15, -0.1) is 0 Å². The molecule has 2 aliphatic heterocycles. The van der Waals surface area contributed by atoms with Gasteiger partial charge in [-0.25, -0.2) is 0 Å². The molecule has 0 atom stereocenters. The third-order valence-corrected chi connectivity index (χ3v) is 8.41. The number of piperidine rings is 1. The topological polar surface area (TPSA) is 71.0 Å². The Morgan fingerprint density at radius 1 is 1.00 bits per heavy atom. The van der Waals surface area contributed by atoms with Crippen LogP contribution in [0.2, 0.25) is 0 Å². The maximum absolute atomic E-state index is 9.78. The molecule has 2 aromatic carbocycles. The lowest BCUT2D eigenvalue weighted by atomic mass is 10.0. The molecule has 2 N–H and O–H groups in total. The molecule has 0 aliphatic carbocycles. The molecule has 2 saturated heterocycles. The van der Waals surface area contributed by atoms with Gasteiger partial charge in [0.2, 0.25) is 0 Å². The first-order valence-electron chi connectivity index (χ1n) is 14.1. The maximum atomic E-state index is 9.78. The summed E-state index contributed by atoms with van der Waals surface area (Å²) in [7, 11) is 0. The minimum Gasteiger partial charge on any atom is -0.361 e. The Morgan fingerprint density at radius 3 is 2.56 bits per heavy atom. The zero-order valence-electron chi connectivity index (χ0n) is 22.7. The van der Waals surface area contributed by atoms with Crippen molar-refractivity contribution in [1.82, 2.24) is 19.8 Å². The molecule has 6 rings (SSSR count). The summed E-state index contributed by atoms with van der Waals surface area (Å²) in [6, 6.07) is 18.1. The van der Waals surface area contributed by atoms with Crippen LogP contribution in [-0.4, -0.2) is 52.0 Å². The molecule has 4 heterocycles. The normalized spacial score (nSPS) is 17.2. The van der Waals surface area contributed by atoms with E-state index in [1.165, 1.54) is 62.8 Å². The molecule has 198 valence electrons. The van der Waals surface area contributed by atoms with Crippen molar-refractivity contribution in [1.29, 1.82) is 5.26 Å². The highest BCUT2D eigenvalue weighted by atomic mass is 15.2. The average Bonchev–Trinajstić information content (AvgIpc) is 3.68. The van der Waals surface area contributed by atoms with E-state index in [2.05, 4.69) is 86.6 Å². The Kier molecular flexibility index (Phi) is 7.44. The van der Waals surface area contributed by atoms with Crippen molar-refractivity contribution in [2.45, 2.75) is 45.2 Å². The summed E-state index contributed by atoms with van der Waals surface area (Å²) in [5.41, 5.74) is 7.89. The second kappa shape index (κ2) is 11.4. The molecule has 39 heavy (non-hydrogen) atoms. The highest BCUT2D eigenvalue weighted by Crippen LogP contribution is 2.31. The quantitative estimate of drug-likeness (QED) is 0.285. The molecule has 0 spiro atoms. The summed E-state index contributed by atoms with van der Waals surface area (Å²) in [5, 5.41) is 14.5. The van der Waals surface area contributed by atoms with Gasteiger partial charge in [-0.1, -0.05) is 36.4 Å². The number of hydrogen-bond donors (Lipinski definition) is 2. The van der Waals surface area contributed by atoms with Crippen molar-refractivity contribution in [2.24, 2.45) is 0 Å². The molecule has 0 bridgehead atoms. The van der Waals surface area contributed by atoms with Crippen molar-refractivity contribution < 1.29 is 0 Å². The van der Waals surface area contributed by atoms with Crippen LogP contribution in [0.4, 0.5) is 11.4 Å². The fourth-order valence-corrected chi connectivity index (χ4v) is 6.11. The van der Waals surface area contributed by atoms with E-state index in [4.69, 9.17) is 0 Å². The van der Waals surface area contributed by atoms with E-state index in [9.17, 15) is 5.26 Å². The van der Waals surface area contributed by atoms with E-state index >= 15 is 0 Å². The number of benzene rings is 2. The van der Waals surface area contributed by atoms with Gasteiger partial charge < -0.3 is 15.2 Å². The first-order valence-corrected chi connectivity index (χ1v) is 14.1. The van der Waals surface area contributed by atoms with E-state index in [0.29, 0.717) is 5.56 Å². The maximum Gasteiger partial charge on any atom is 0.103 e. The zero-order valence-corrected chi connectivity index (χ0v) is 22.7. The molecule has 0 amide bonds. The lowest BCUT2D eigenvalue weighted by Gasteiger charge is -2.36. The van der Waals surface area contributed by atoms with Gasteiger partial charge in [-0.3, -0.25) is 9.88 Å². The minimum atomic E-state index is 0.523. The molecule has 6 heteroatoms. The second-order valence-corrected chi connectivity index (χ2v) is 10.9. The van der Waals surface area contributed by atoms with Crippen LogP contribution in [0.1, 0.15) is 53.5 Å². The van der Waals surface area contributed by atoms with Gasteiger partial charge in [0.1, 0.15) is 6.07 Å². The summed E-state index contributed by atoms with van der Waals surface area (Å²) in [6.07, 6.45) is 14.9. The van der Waals surface area contributed by atoms with Gasteiger partial charge in [0.15, 0.2) is 0 Å². The molecule has 4 aromatic rings. The predicted molar refractivity (Wildman–Crippen MR) is 160 cm³/mol. The number of nitrogens with zero attached hydrogens (tertiary/aromatic N) is 4. The summed E-state index contributed by atoms with van der Waals surface area (Å²) in [5.74, 6) is 0. The molecule has 0 radical (unpaired) electrons. The molecule has 2 aliphatic rings. The van der Waals surface area contributed by atoms with Crippen LogP contribution in [0.5, 0.6) is 0 Å². The Morgan fingerprint density at radius 2 is 1.79 bits per heavy atom. The molecule has 0 unspecified atom stereocenters. The number of aryl methyl sites for hydroxylation is 1. The zero-order chi connectivity index (χ0) is 26.6. The molecular formula is C33H36N6. The highest BCUT2D eigenvalue weighted by molar-refractivity contribution is 5.90. The van der Waals surface area contributed by atoms with E-state index in [1.807, 2.05) is 18.5 Å². The van der Waals surface area contributed by atoms with Gasteiger partial charge in [0.25, 0.3) is 0 Å². The summed E-state index contributed by atoms with van der Waals surface area (Å²) in [6.45, 7) is 8.10. The van der Waals surface area contributed by atoms with Crippen LogP contribution in [0.15, 0.2) is 61.1 Å². The van der Waals surface area contributed by atoms with Crippen molar-refractivity contribution in [3.63, 3.8) is 0 Å². The Balaban J connectivity index is 1.13. The van der Waals surface area contributed by atoms with Crippen LogP contribution in [-0.2, 0) is 6.54 Å². The summed E-state index contributed by atoms with van der Waals surface area (Å²) in [4.78, 5) is 12.9. The van der Waals surface area contributed by atoms with Crippen molar-refractivity contribution in [2.75, 3.05) is 31.5 Å². The highest BCUT2D eigenvalue weighted by Gasteiger charge is 2.26. The van der Waals surface area contributed by atoms with Crippen molar-refractivity contribution >= 4 is 34.4 Å². The Labute approximate surface area is 231 Å². The lowest BCUT2D eigenvalue weighted by molar-refractivity contribution is 0.122. The van der Waals surface area contributed by atoms with E-state index in [1.54, 1.807) is 6.20 Å². The van der Waals surface area contributed by atoms with Gasteiger partial charge >= 0.3 is 0 Å². The van der Waals surface area contributed by atoms with Crippen LogP contribution in [0.3, 0.4) is 0 Å². The van der Waals surface area contributed by atoms with Crippen LogP contribution in [0, 0.1) is 18.3 Å². The number of likely N-dealkylation sites (tertiary alicyclic amines) is 2. The number of anilines is 2. The lowest BCUT2D eigenvalue weighted by Crippen LogP contribution is -2.43. The number of fused-ring (bicyclic) bond motifs is 1. The largest absolute Gasteiger partial charge is 0.361 e. The van der Waals surface area contributed by atoms with Crippen LogP contribution >= 0.6 is 0 Å². The Hall–Kier alpha value is -3.92. The van der Waals surface area contributed by atoms with Gasteiger partial charge in [0, 0.05) is 53.3 Å². The molecule has 0 saturated carbocycles. The number of rotatable bonds is 7. The number of nitrogens with one attached hydrogen (secondary N) is 2. The number of aromatic nitrogens is 2. The average molecular weight is 517 g/mol. The van der Waals surface area contributed by atoms with E-state index < -0.39 is 0 Å². The van der Waals surface area contributed by atoms with Gasteiger partial charge in [-0.05, 0) is 93.7 Å². The minimum absolute atomic E-state index is 0.523. The third-order valence-electron chi connectivity index (χ3n) is 8.41. The number of nitriles is 1. The molecule has 6 nitrogen and oxygen atoms in total.